The average Bonchev–Trinajstić information content (AvgIpc) is 3.15. The predicted octanol–water partition coefficient (Wildman–Crippen LogP) is 3.80. The van der Waals surface area contributed by atoms with Gasteiger partial charge in [-0.25, -0.2) is 0 Å². The standard InChI is InChI=1S/C23H27Br2N7O2/c24-17-13-15(21(26)27)3-5-19(17)33-11-1-7-31-9-10-32(23(31)30)8-2-12-34-20-6-4-16(22(28)29)14-18(20)25/h3-6,9-10,13-14,30H,1-2,7-8,11-12H2,(H3,26,27)(H3,28,29). The highest BCUT2D eigenvalue weighted by molar-refractivity contribution is 9.10. The molecule has 0 radical (unpaired) electrons. The van der Waals surface area contributed by atoms with Gasteiger partial charge in [0.25, 0.3) is 0 Å². The number of nitrogens with one attached hydrogen (secondary N) is 3. The van der Waals surface area contributed by atoms with Crippen molar-refractivity contribution in [2.24, 2.45) is 11.5 Å². The summed E-state index contributed by atoms with van der Waals surface area (Å²) < 4.78 is 16.9. The van der Waals surface area contributed by atoms with Crippen molar-refractivity contribution in [3.63, 3.8) is 0 Å². The number of nitrogen functional groups attached to an aromatic ring is 2. The van der Waals surface area contributed by atoms with Crippen LogP contribution < -0.4 is 26.6 Å². The quantitative estimate of drug-likeness (QED) is 0.123. The summed E-state index contributed by atoms with van der Waals surface area (Å²) >= 11 is 6.89. The SMILES string of the molecule is N=C(N)c1ccc(OCCCn2ccn(CCCOc3ccc(C(=N)N)cc3Br)c2=N)c(Br)c1. The van der Waals surface area contributed by atoms with Crippen LogP contribution in [0.5, 0.6) is 11.5 Å². The molecule has 2 aromatic carbocycles. The first kappa shape index (κ1) is 25.6. The summed E-state index contributed by atoms with van der Waals surface area (Å²) in [5.41, 5.74) is 12.7. The Labute approximate surface area is 214 Å². The first-order chi connectivity index (χ1) is 16.3. The van der Waals surface area contributed by atoms with E-state index in [1.165, 1.54) is 0 Å². The zero-order valence-electron chi connectivity index (χ0n) is 18.5. The lowest BCUT2D eigenvalue weighted by Gasteiger charge is -2.10. The van der Waals surface area contributed by atoms with E-state index < -0.39 is 0 Å². The molecule has 7 N–H and O–H groups in total. The molecule has 0 bridgehead atoms. The van der Waals surface area contributed by atoms with E-state index >= 15 is 0 Å². The fourth-order valence-electron chi connectivity index (χ4n) is 3.23. The van der Waals surface area contributed by atoms with Gasteiger partial charge in [0.1, 0.15) is 23.2 Å². The number of benzene rings is 2. The van der Waals surface area contributed by atoms with E-state index in [-0.39, 0.29) is 11.7 Å². The Balaban J connectivity index is 1.42. The minimum absolute atomic E-state index is 0.0129. The van der Waals surface area contributed by atoms with Crippen molar-refractivity contribution in [3.05, 3.63) is 74.5 Å². The van der Waals surface area contributed by atoms with Crippen LogP contribution in [-0.4, -0.2) is 34.0 Å². The lowest BCUT2D eigenvalue weighted by atomic mass is 10.2. The number of imidazole rings is 1. The van der Waals surface area contributed by atoms with Crippen LogP contribution in [0.2, 0.25) is 0 Å². The average molecular weight is 593 g/mol. The second-order valence-electron chi connectivity index (χ2n) is 7.53. The molecule has 0 saturated carbocycles. The third kappa shape index (κ3) is 6.73. The van der Waals surface area contributed by atoms with Crippen molar-refractivity contribution in [2.45, 2.75) is 25.9 Å². The van der Waals surface area contributed by atoms with Gasteiger partial charge in [-0.1, -0.05) is 0 Å². The molecule has 3 aromatic rings. The maximum Gasteiger partial charge on any atom is 0.202 e. The number of nitrogens with two attached hydrogens (primary N) is 2. The lowest BCUT2D eigenvalue weighted by molar-refractivity contribution is 0.294. The number of hydrogen-bond acceptors (Lipinski definition) is 5. The van der Waals surface area contributed by atoms with Gasteiger partial charge in [0.15, 0.2) is 0 Å². The summed E-state index contributed by atoms with van der Waals surface area (Å²) in [4.78, 5) is 0. The smallest absolute Gasteiger partial charge is 0.202 e. The lowest BCUT2D eigenvalue weighted by Crippen LogP contribution is -2.25. The van der Waals surface area contributed by atoms with E-state index in [1.807, 2.05) is 21.5 Å². The Kier molecular flexibility index (Phi) is 8.94. The maximum absolute atomic E-state index is 8.39. The largest absolute Gasteiger partial charge is 0.492 e. The second kappa shape index (κ2) is 11.9. The zero-order chi connectivity index (χ0) is 24.7. The maximum atomic E-state index is 8.39. The number of aryl methyl sites for hydroxylation is 2. The van der Waals surface area contributed by atoms with Crippen LogP contribution in [0.25, 0.3) is 0 Å². The summed E-state index contributed by atoms with van der Waals surface area (Å²) in [6.45, 7) is 2.34. The molecule has 0 fully saturated rings. The molecule has 180 valence electrons. The number of amidine groups is 2. The van der Waals surface area contributed by atoms with Gasteiger partial charge in [-0.3, -0.25) is 16.2 Å². The predicted molar refractivity (Wildman–Crippen MR) is 139 cm³/mol. The summed E-state index contributed by atoms with van der Waals surface area (Å²) in [5.74, 6) is 1.42. The molecule has 0 atom stereocenters. The molecule has 1 aromatic heterocycles. The van der Waals surface area contributed by atoms with E-state index in [1.54, 1.807) is 36.4 Å². The van der Waals surface area contributed by atoms with Gasteiger partial charge in [0.2, 0.25) is 5.62 Å². The van der Waals surface area contributed by atoms with Crippen LogP contribution in [0.15, 0.2) is 57.7 Å². The Morgan fingerprint density at radius 2 is 1.18 bits per heavy atom. The van der Waals surface area contributed by atoms with E-state index in [0.717, 1.165) is 21.8 Å². The van der Waals surface area contributed by atoms with E-state index in [9.17, 15) is 0 Å². The van der Waals surface area contributed by atoms with Gasteiger partial charge in [0, 0.05) is 36.6 Å². The Morgan fingerprint density at radius 1 is 0.765 bits per heavy atom. The van der Waals surface area contributed by atoms with Gasteiger partial charge in [-0.15, -0.1) is 0 Å². The topological polar surface area (TPSA) is 152 Å². The Hall–Kier alpha value is -3.05. The normalized spacial score (nSPS) is 10.8. The van der Waals surface area contributed by atoms with Crippen molar-refractivity contribution in [1.29, 1.82) is 16.2 Å². The van der Waals surface area contributed by atoms with Gasteiger partial charge in [-0.2, -0.15) is 0 Å². The number of ether oxygens (including phenoxy) is 2. The van der Waals surface area contributed by atoms with Crippen LogP contribution in [0.4, 0.5) is 0 Å². The molecule has 0 spiro atoms. The molecule has 9 nitrogen and oxygen atoms in total. The summed E-state index contributed by atoms with van der Waals surface area (Å²) in [6, 6.07) is 10.6. The fourth-order valence-corrected chi connectivity index (χ4v) is 4.22. The molecule has 0 saturated heterocycles. The van der Waals surface area contributed by atoms with Crippen LogP contribution in [-0.2, 0) is 13.1 Å². The molecule has 0 aliphatic carbocycles. The van der Waals surface area contributed by atoms with Gasteiger partial charge >= 0.3 is 0 Å². The van der Waals surface area contributed by atoms with Gasteiger partial charge in [-0.05, 0) is 81.1 Å². The highest BCUT2D eigenvalue weighted by Gasteiger charge is 2.07. The van der Waals surface area contributed by atoms with E-state index in [4.69, 9.17) is 37.2 Å². The molecule has 0 unspecified atom stereocenters. The minimum Gasteiger partial charge on any atom is -0.492 e. The van der Waals surface area contributed by atoms with Crippen molar-refractivity contribution in [3.8, 4) is 11.5 Å². The van der Waals surface area contributed by atoms with Crippen LogP contribution in [0.1, 0.15) is 24.0 Å². The molecular formula is C23H27Br2N7O2. The Bertz CT molecular complexity index is 1140. The molecule has 1 heterocycles. The first-order valence-corrected chi connectivity index (χ1v) is 12.2. The molecule has 0 aliphatic rings. The van der Waals surface area contributed by atoms with Crippen molar-refractivity contribution < 1.29 is 9.47 Å². The highest BCUT2D eigenvalue weighted by atomic mass is 79.9. The van der Waals surface area contributed by atoms with Crippen molar-refractivity contribution in [2.75, 3.05) is 13.2 Å². The van der Waals surface area contributed by atoms with Gasteiger partial charge < -0.3 is 30.1 Å². The van der Waals surface area contributed by atoms with E-state index in [2.05, 4.69) is 31.9 Å². The number of hydrogen-bond donors (Lipinski definition) is 5. The molecular weight excluding hydrogens is 566 g/mol. The zero-order valence-corrected chi connectivity index (χ0v) is 21.7. The van der Waals surface area contributed by atoms with Gasteiger partial charge in [0.05, 0.1) is 22.2 Å². The van der Waals surface area contributed by atoms with E-state index in [0.29, 0.717) is 54.5 Å². The summed E-state index contributed by atoms with van der Waals surface area (Å²) in [7, 11) is 0. The fraction of sp³-hybridized carbons (Fsp3) is 0.261. The molecule has 11 heteroatoms. The number of aromatic nitrogens is 2. The number of halogens is 2. The summed E-state index contributed by atoms with van der Waals surface area (Å²) in [6.07, 6.45) is 5.29. The van der Waals surface area contributed by atoms with Crippen molar-refractivity contribution >= 4 is 43.5 Å². The third-order valence-corrected chi connectivity index (χ3v) is 6.30. The highest BCUT2D eigenvalue weighted by Crippen LogP contribution is 2.27. The minimum atomic E-state index is 0.0129. The van der Waals surface area contributed by atoms with Crippen LogP contribution >= 0.6 is 31.9 Å². The molecule has 0 aliphatic heterocycles. The molecule has 34 heavy (non-hydrogen) atoms. The number of rotatable bonds is 12. The Morgan fingerprint density at radius 3 is 1.53 bits per heavy atom. The molecule has 0 amide bonds. The van der Waals surface area contributed by atoms with Crippen LogP contribution in [0, 0.1) is 16.2 Å². The second-order valence-corrected chi connectivity index (χ2v) is 9.24. The summed E-state index contributed by atoms with van der Waals surface area (Å²) in [5, 5.41) is 23.4. The molecule has 3 rings (SSSR count). The van der Waals surface area contributed by atoms with Crippen molar-refractivity contribution in [1.82, 2.24) is 9.13 Å². The monoisotopic (exact) mass is 591 g/mol. The third-order valence-electron chi connectivity index (χ3n) is 5.06. The first-order valence-electron chi connectivity index (χ1n) is 10.6. The number of nitrogens with zero attached hydrogens (tertiary/aromatic N) is 2. The van der Waals surface area contributed by atoms with Crippen LogP contribution in [0.3, 0.4) is 0 Å².